The molecule has 7 nitrogen and oxygen atoms in total. The van der Waals surface area contributed by atoms with Crippen molar-refractivity contribution in [3.8, 4) is 5.88 Å². The van der Waals surface area contributed by atoms with Gasteiger partial charge in [0.15, 0.2) is 5.82 Å². The number of alkyl carbamates (subject to hydrolysis) is 1. The van der Waals surface area contributed by atoms with Crippen molar-refractivity contribution in [2.24, 2.45) is 0 Å². The number of carbonyl (C=O) groups is 1. The van der Waals surface area contributed by atoms with E-state index in [1.807, 2.05) is 20.8 Å². The number of carbonyl (C=O) groups excluding carboxylic acids is 1. The Kier molecular flexibility index (Phi) is 5.84. The molecule has 7 heteroatoms. The molecule has 1 amide bonds. The lowest BCUT2D eigenvalue weighted by Gasteiger charge is -2.23. The van der Waals surface area contributed by atoms with Gasteiger partial charge >= 0.3 is 6.09 Å². The Balaban J connectivity index is 1.53. The van der Waals surface area contributed by atoms with Crippen LogP contribution < -0.4 is 15.0 Å². The zero-order valence-electron chi connectivity index (χ0n) is 16.0. The molecular weight excluding hydrogens is 332 g/mol. The maximum Gasteiger partial charge on any atom is 0.407 e. The molecule has 144 valence electrons. The van der Waals surface area contributed by atoms with E-state index in [0.29, 0.717) is 12.4 Å². The highest BCUT2D eigenvalue weighted by Crippen LogP contribution is 2.24. The number of nitrogens with zero attached hydrogens (tertiary/aromatic N) is 3. The van der Waals surface area contributed by atoms with E-state index in [1.165, 1.54) is 19.3 Å². The molecule has 2 heterocycles. The minimum atomic E-state index is -0.487. The standard InChI is InChI=1S/C19H30N4O3/c1-19(2,3)26-18(24)21-14-9-10-23(13-14)16-11-20-12-17(22-16)25-15-7-5-4-6-8-15/h11-12,14-15H,4-10,13H2,1-3H3,(H,21,24)/t14-/m1/s1. The number of amides is 1. The molecule has 1 saturated carbocycles. The summed E-state index contributed by atoms with van der Waals surface area (Å²) >= 11 is 0. The summed E-state index contributed by atoms with van der Waals surface area (Å²) in [6, 6.07) is 0.0505. The van der Waals surface area contributed by atoms with E-state index in [1.54, 1.807) is 12.4 Å². The second-order valence-corrected chi connectivity index (χ2v) is 8.17. The summed E-state index contributed by atoms with van der Waals surface area (Å²) in [5.74, 6) is 1.39. The third-order valence-electron chi connectivity index (χ3n) is 4.67. The Morgan fingerprint density at radius 2 is 1.96 bits per heavy atom. The van der Waals surface area contributed by atoms with E-state index < -0.39 is 5.60 Å². The lowest BCUT2D eigenvalue weighted by Crippen LogP contribution is -2.40. The number of ether oxygens (including phenoxy) is 2. The summed E-state index contributed by atoms with van der Waals surface area (Å²) in [7, 11) is 0. The lowest BCUT2D eigenvalue weighted by atomic mass is 9.98. The van der Waals surface area contributed by atoms with Crippen molar-refractivity contribution in [1.82, 2.24) is 15.3 Å². The quantitative estimate of drug-likeness (QED) is 0.886. The molecule has 1 aromatic heterocycles. The Morgan fingerprint density at radius 3 is 2.69 bits per heavy atom. The Labute approximate surface area is 155 Å². The summed E-state index contributed by atoms with van der Waals surface area (Å²) in [6.07, 6.45) is 10.1. The Bertz CT molecular complexity index is 611. The van der Waals surface area contributed by atoms with Crippen LogP contribution in [0.3, 0.4) is 0 Å². The number of aromatic nitrogens is 2. The minimum Gasteiger partial charge on any atom is -0.473 e. The van der Waals surface area contributed by atoms with Gasteiger partial charge in [0.1, 0.15) is 11.7 Å². The summed E-state index contributed by atoms with van der Waals surface area (Å²) in [5, 5.41) is 2.93. The zero-order valence-corrected chi connectivity index (χ0v) is 16.0. The first-order valence-corrected chi connectivity index (χ1v) is 9.62. The molecule has 0 aromatic carbocycles. The minimum absolute atomic E-state index is 0.0505. The van der Waals surface area contributed by atoms with E-state index >= 15 is 0 Å². The third-order valence-corrected chi connectivity index (χ3v) is 4.67. The van der Waals surface area contributed by atoms with Gasteiger partial charge in [-0.2, -0.15) is 4.98 Å². The molecule has 0 unspecified atom stereocenters. The average Bonchev–Trinajstić information content (AvgIpc) is 3.02. The molecular formula is C19H30N4O3. The average molecular weight is 362 g/mol. The molecule has 1 atom stereocenters. The molecule has 0 radical (unpaired) electrons. The van der Waals surface area contributed by atoms with Crippen LogP contribution in [0.25, 0.3) is 0 Å². The van der Waals surface area contributed by atoms with E-state index in [9.17, 15) is 4.79 Å². The summed E-state index contributed by atoms with van der Waals surface area (Å²) in [5.41, 5.74) is -0.487. The highest BCUT2D eigenvalue weighted by atomic mass is 16.6. The molecule has 1 aromatic rings. The zero-order chi connectivity index (χ0) is 18.6. The smallest absolute Gasteiger partial charge is 0.407 e. The first-order valence-electron chi connectivity index (χ1n) is 9.62. The molecule has 1 saturated heterocycles. The fourth-order valence-electron chi connectivity index (χ4n) is 3.46. The van der Waals surface area contributed by atoms with Crippen LogP contribution in [0, 0.1) is 0 Å². The molecule has 26 heavy (non-hydrogen) atoms. The van der Waals surface area contributed by atoms with Gasteiger partial charge in [-0.3, -0.25) is 4.98 Å². The van der Waals surface area contributed by atoms with Crippen LogP contribution in [0.4, 0.5) is 10.6 Å². The number of nitrogens with one attached hydrogen (secondary N) is 1. The maximum atomic E-state index is 11.9. The number of anilines is 1. The topological polar surface area (TPSA) is 76.6 Å². The molecule has 1 aliphatic heterocycles. The second kappa shape index (κ2) is 8.10. The summed E-state index contributed by atoms with van der Waals surface area (Å²) < 4.78 is 11.3. The van der Waals surface area contributed by atoms with Gasteiger partial charge in [0.25, 0.3) is 0 Å². The Hall–Kier alpha value is -2.05. The first-order chi connectivity index (χ1) is 12.4. The van der Waals surface area contributed by atoms with Gasteiger partial charge in [-0.25, -0.2) is 4.79 Å². The van der Waals surface area contributed by atoms with Gasteiger partial charge in [0, 0.05) is 13.1 Å². The molecule has 1 N–H and O–H groups in total. The van der Waals surface area contributed by atoms with Crippen molar-refractivity contribution in [2.75, 3.05) is 18.0 Å². The molecule has 1 aliphatic carbocycles. The molecule has 2 aliphatic rings. The predicted molar refractivity (Wildman–Crippen MR) is 99.5 cm³/mol. The van der Waals surface area contributed by atoms with Crippen molar-refractivity contribution in [3.05, 3.63) is 12.4 Å². The van der Waals surface area contributed by atoms with E-state index in [2.05, 4.69) is 20.2 Å². The van der Waals surface area contributed by atoms with Crippen LogP contribution in [-0.2, 0) is 4.74 Å². The molecule has 2 fully saturated rings. The van der Waals surface area contributed by atoms with Gasteiger partial charge in [-0.1, -0.05) is 6.42 Å². The van der Waals surface area contributed by atoms with Gasteiger partial charge in [-0.15, -0.1) is 0 Å². The molecule has 0 spiro atoms. The number of hydrogen-bond donors (Lipinski definition) is 1. The van der Waals surface area contributed by atoms with Crippen LogP contribution >= 0.6 is 0 Å². The van der Waals surface area contributed by atoms with Gasteiger partial charge < -0.3 is 19.7 Å². The van der Waals surface area contributed by atoms with Crippen molar-refractivity contribution in [1.29, 1.82) is 0 Å². The van der Waals surface area contributed by atoms with Crippen LogP contribution in [0.15, 0.2) is 12.4 Å². The van der Waals surface area contributed by atoms with Gasteiger partial charge in [-0.05, 0) is 52.9 Å². The summed E-state index contributed by atoms with van der Waals surface area (Å²) in [6.45, 7) is 7.10. The number of hydrogen-bond acceptors (Lipinski definition) is 6. The maximum absolute atomic E-state index is 11.9. The van der Waals surface area contributed by atoms with Gasteiger partial charge in [0.05, 0.1) is 18.4 Å². The molecule has 0 bridgehead atoms. The Morgan fingerprint density at radius 1 is 1.19 bits per heavy atom. The lowest BCUT2D eigenvalue weighted by molar-refractivity contribution is 0.0509. The van der Waals surface area contributed by atoms with Crippen LogP contribution in [-0.4, -0.2) is 46.9 Å². The van der Waals surface area contributed by atoms with Crippen molar-refractivity contribution in [3.63, 3.8) is 0 Å². The highest BCUT2D eigenvalue weighted by Gasteiger charge is 2.27. The third kappa shape index (κ3) is 5.47. The second-order valence-electron chi connectivity index (χ2n) is 8.17. The van der Waals surface area contributed by atoms with E-state index in [-0.39, 0.29) is 18.2 Å². The SMILES string of the molecule is CC(C)(C)OC(=O)N[C@@H]1CCN(c2cncc(OC3CCCCC3)n2)C1. The van der Waals surface area contributed by atoms with Crippen LogP contribution in [0.5, 0.6) is 5.88 Å². The fourth-order valence-corrected chi connectivity index (χ4v) is 3.46. The van der Waals surface area contributed by atoms with Gasteiger partial charge in [0.2, 0.25) is 5.88 Å². The molecule has 3 rings (SSSR count). The monoisotopic (exact) mass is 362 g/mol. The fraction of sp³-hybridized carbons (Fsp3) is 0.737. The normalized spacial score (nSPS) is 21.5. The highest BCUT2D eigenvalue weighted by molar-refractivity contribution is 5.68. The van der Waals surface area contributed by atoms with Crippen LogP contribution in [0.2, 0.25) is 0 Å². The van der Waals surface area contributed by atoms with Crippen molar-refractivity contribution < 1.29 is 14.3 Å². The number of rotatable bonds is 4. The first kappa shape index (κ1) is 18.7. The summed E-state index contributed by atoms with van der Waals surface area (Å²) in [4.78, 5) is 23.0. The van der Waals surface area contributed by atoms with Crippen LogP contribution in [0.1, 0.15) is 59.3 Å². The van der Waals surface area contributed by atoms with E-state index in [0.717, 1.165) is 31.6 Å². The predicted octanol–water partition coefficient (Wildman–Crippen LogP) is 3.29. The van der Waals surface area contributed by atoms with Crippen molar-refractivity contribution in [2.45, 2.75) is 77.0 Å². The van der Waals surface area contributed by atoms with E-state index in [4.69, 9.17) is 9.47 Å². The van der Waals surface area contributed by atoms with Crippen molar-refractivity contribution >= 4 is 11.9 Å². The largest absolute Gasteiger partial charge is 0.473 e.